The van der Waals surface area contributed by atoms with Gasteiger partial charge >= 0.3 is 0 Å². The average Bonchev–Trinajstić information content (AvgIpc) is 2.48. The first kappa shape index (κ1) is 21.8. The van der Waals surface area contributed by atoms with Gasteiger partial charge in [0.25, 0.3) is 0 Å². The molecule has 0 aliphatic rings. The molecule has 0 aliphatic heterocycles. The molecule has 0 saturated carbocycles. The summed E-state index contributed by atoms with van der Waals surface area (Å²) in [5.74, 6) is -0.258. The Bertz CT molecular complexity index is 355. The molecule has 0 N–H and O–H groups in total. The molecule has 0 amide bonds. The van der Waals surface area contributed by atoms with Crippen LogP contribution in [-0.2, 0) is 19.6 Å². The molecular formula is C15H33NO5S. The molecule has 0 unspecified atom stereocenters. The third-order valence-corrected chi connectivity index (χ3v) is 4.84. The van der Waals surface area contributed by atoms with Crippen LogP contribution in [0.3, 0.4) is 0 Å². The van der Waals surface area contributed by atoms with E-state index in [1.54, 1.807) is 0 Å². The molecule has 0 radical (unpaired) electrons. The first-order valence-electron chi connectivity index (χ1n) is 8.33. The lowest BCUT2D eigenvalue weighted by Crippen LogP contribution is -2.50. The smallest absolute Gasteiger partial charge is 0.102 e. The van der Waals surface area contributed by atoms with Crippen LogP contribution < -0.4 is 0 Å². The van der Waals surface area contributed by atoms with E-state index in [2.05, 4.69) is 20.8 Å². The topological polar surface area (TPSA) is 75.7 Å². The van der Waals surface area contributed by atoms with Crippen LogP contribution in [0.15, 0.2) is 0 Å². The van der Waals surface area contributed by atoms with Crippen LogP contribution in [0.4, 0.5) is 0 Å². The zero-order chi connectivity index (χ0) is 16.9. The molecule has 0 saturated heterocycles. The van der Waals surface area contributed by atoms with E-state index in [1.165, 1.54) is 0 Å². The van der Waals surface area contributed by atoms with Crippen molar-refractivity contribution >= 4 is 10.1 Å². The molecule has 6 nitrogen and oxygen atoms in total. The summed E-state index contributed by atoms with van der Waals surface area (Å²) in [4.78, 5) is 0. The minimum absolute atomic E-state index is 0.258. The van der Waals surface area contributed by atoms with E-state index in [4.69, 9.17) is 9.47 Å². The van der Waals surface area contributed by atoms with Crippen LogP contribution in [-0.4, -0.2) is 75.8 Å². The van der Waals surface area contributed by atoms with Crippen LogP contribution in [0, 0.1) is 0 Å². The molecule has 0 bridgehead atoms. The van der Waals surface area contributed by atoms with Crippen LogP contribution >= 0.6 is 0 Å². The lowest BCUT2D eigenvalue weighted by Gasteiger charge is -2.37. The van der Waals surface area contributed by atoms with Gasteiger partial charge in [0.05, 0.1) is 49.6 Å². The number of rotatable bonds is 15. The van der Waals surface area contributed by atoms with Crippen LogP contribution in [0.2, 0.25) is 0 Å². The predicted molar refractivity (Wildman–Crippen MR) is 86.8 cm³/mol. The fourth-order valence-corrected chi connectivity index (χ4v) is 2.98. The van der Waals surface area contributed by atoms with Crippen molar-refractivity contribution in [2.24, 2.45) is 0 Å². The number of likely N-dealkylation sites (N-methyl/N-ethyl adjacent to an activating group) is 1. The quantitative estimate of drug-likeness (QED) is 0.257. The largest absolute Gasteiger partial charge is 0.748 e. The van der Waals surface area contributed by atoms with E-state index in [-0.39, 0.29) is 5.75 Å². The Kier molecular flexibility index (Phi) is 12.1. The van der Waals surface area contributed by atoms with Gasteiger partial charge in [-0.05, 0) is 33.1 Å². The number of hydrogen-bond donors (Lipinski definition) is 0. The van der Waals surface area contributed by atoms with Gasteiger partial charge < -0.3 is 18.5 Å². The average molecular weight is 339 g/mol. The molecule has 22 heavy (non-hydrogen) atoms. The maximum absolute atomic E-state index is 10.6. The van der Waals surface area contributed by atoms with Crippen molar-refractivity contribution in [2.45, 2.75) is 40.0 Å². The zero-order valence-corrected chi connectivity index (χ0v) is 15.2. The molecule has 0 heterocycles. The van der Waals surface area contributed by atoms with Crippen molar-refractivity contribution < 1.29 is 26.9 Å². The maximum Gasteiger partial charge on any atom is 0.102 e. The minimum Gasteiger partial charge on any atom is -0.748 e. The molecule has 0 fully saturated rings. The van der Waals surface area contributed by atoms with Crippen molar-refractivity contribution in [2.75, 3.05) is 58.4 Å². The summed E-state index contributed by atoms with van der Waals surface area (Å²) in [6.45, 7) is 12.8. The van der Waals surface area contributed by atoms with Crippen molar-refractivity contribution in [3.63, 3.8) is 0 Å². The fraction of sp³-hybridized carbons (Fsp3) is 1.00. The van der Waals surface area contributed by atoms with Gasteiger partial charge in [-0.1, -0.05) is 6.92 Å². The third kappa shape index (κ3) is 11.4. The normalized spacial score (nSPS) is 12.7. The molecule has 134 valence electrons. The van der Waals surface area contributed by atoms with Gasteiger partial charge in [0.1, 0.15) is 6.54 Å². The Morgan fingerprint density at radius 3 is 1.95 bits per heavy atom. The number of ether oxygens (including phenoxy) is 2. The Hall–Kier alpha value is -0.210. The van der Waals surface area contributed by atoms with E-state index in [1.807, 2.05) is 0 Å². The van der Waals surface area contributed by atoms with E-state index >= 15 is 0 Å². The van der Waals surface area contributed by atoms with Crippen LogP contribution in [0.1, 0.15) is 40.0 Å². The minimum atomic E-state index is -4.08. The van der Waals surface area contributed by atoms with Crippen molar-refractivity contribution in [1.82, 2.24) is 0 Å². The number of hydrogen-bond acceptors (Lipinski definition) is 5. The first-order chi connectivity index (χ1) is 10.4. The van der Waals surface area contributed by atoms with Crippen LogP contribution in [0.5, 0.6) is 0 Å². The number of quaternary nitrogens is 1. The second-order valence-electron chi connectivity index (χ2n) is 5.61. The molecule has 0 aromatic rings. The summed E-state index contributed by atoms with van der Waals surface area (Å²) in [5, 5.41) is 0. The van der Waals surface area contributed by atoms with Gasteiger partial charge in [0.15, 0.2) is 0 Å². The SMILES string of the molecule is CCCOCCOCC[N+](CC)(CC)CCCCS(=O)(=O)[O-]. The molecular weight excluding hydrogens is 306 g/mol. The highest BCUT2D eigenvalue weighted by Gasteiger charge is 2.22. The summed E-state index contributed by atoms with van der Waals surface area (Å²) in [6, 6.07) is 0. The summed E-state index contributed by atoms with van der Waals surface area (Å²) in [5.41, 5.74) is 0. The molecule has 0 spiro atoms. The van der Waals surface area contributed by atoms with Gasteiger partial charge in [-0.2, -0.15) is 0 Å². The summed E-state index contributed by atoms with van der Waals surface area (Å²) >= 11 is 0. The van der Waals surface area contributed by atoms with E-state index in [9.17, 15) is 13.0 Å². The number of nitrogens with zero attached hydrogens (tertiary/aromatic N) is 1. The highest BCUT2D eigenvalue weighted by atomic mass is 32.2. The molecule has 7 heteroatoms. The summed E-state index contributed by atoms with van der Waals surface area (Å²) < 4.78 is 43.7. The highest BCUT2D eigenvalue weighted by Crippen LogP contribution is 2.10. The molecule has 0 aliphatic carbocycles. The second-order valence-corrected chi connectivity index (χ2v) is 7.14. The lowest BCUT2D eigenvalue weighted by atomic mass is 10.2. The second kappa shape index (κ2) is 12.2. The number of unbranched alkanes of at least 4 members (excludes halogenated alkanes) is 1. The van der Waals surface area contributed by atoms with Crippen molar-refractivity contribution in [3.05, 3.63) is 0 Å². The Balaban J connectivity index is 3.95. The van der Waals surface area contributed by atoms with Gasteiger partial charge in [0.2, 0.25) is 0 Å². The van der Waals surface area contributed by atoms with Gasteiger partial charge in [0, 0.05) is 12.4 Å². The standard InChI is InChI=1S/C15H33NO5S/c1-4-11-20-13-14-21-12-10-16(5-2,6-3)9-7-8-15-22(17,18)19/h4-15H2,1-3H3. The van der Waals surface area contributed by atoms with Crippen molar-refractivity contribution in [3.8, 4) is 0 Å². The fourth-order valence-electron chi connectivity index (χ4n) is 2.42. The third-order valence-electron chi connectivity index (χ3n) is 4.05. The van der Waals surface area contributed by atoms with Gasteiger partial charge in [-0.3, -0.25) is 0 Å². The summed E-state index contributed by atoms with van der Waals surface area (Å²) in [6.07, 6.45) is 2.21. The molecule has 0 aromatic carbocycles. The van der Waals surface area contributed by atoms with Gasteiger partial charge in [-0.25, -0.2) is 8.42 Å². The monoisotopic (exact) mass is 339 g/mol. The highest BCUT2D eigenvalue weighted by molar-refractivity contribution is 7.85. The zero-order valence-electron chi connectivity index (χ0n) is 14.4. The molecule has 0 rings (SSSR count). The summed E-state index contributed by atoms with van der Waals surface area (Å²) in [7, 11) is -4.08. The first-order valence-corrected chi connectivity index (χ1v) is 9.91. The van der Waals surface area contributed by atoms with E-state index in [0.717, 1.165) is 50.1 Å². The molecule has 0 atom stereocenters. The van der Waals surface area contributed by atoms with Gasteiger partial charge in [-0.15, -0.1) is 0 Å². The predicted octanol–water partition coefficient (Wildman–Crippen LogP) is 1.61. The van der Waals surface area contributed by atoms with Crippen molar-refractivity contribution in [1.29, 1.82) is 0 Å². The lowest BCUT2D eigenvalue weighted by molar-refractivity contribution is -0.925. The van der Waals surface area contributed by atoms with E-state index < -0.39 is 10.1 Å². The Morgan fingerprint density at radius 1 is 0.864 bits per heavy atom. The van der Waals surface area contributed by atoms with Crippen LogP contribution in [0.25, 0.3) is 0 Å². The Morgan fingerprint density at radius 2 is 1.45 bits per heavy atom. The maximum atomic E-state index is 10.6. The Labute approximate surface area is 136 Å². The molecule has 0 aromatic heterocycles. The van der Waals surface area contributed by atoms with E-state index in [0.29, 0.717) is 26.2 Å².